The van der Waals surface area contributed by atoms with Crippen LogP contribution in [-0.4, -0.2) is 18.2 Å². The van der Waals surface area contributed by atoms with E-state index in [1.54, 1.807) is 0 Å². The van der Waals surface area contributed by atoms with Crippen LogP contribution in [0, 0.1) is 0 Å². The molecule has 0 aromatic heterocycles. The fourth-order valence-electron chi connectivity index (χ4n) is 2.52. The number of hydrogen-bond acceptors (Lipinski definition) is 2. The van der Waals surface area contributed by atoms with Crippen molar-refractivity contribution in [2.75, 3.05) is 6.54 Å². The maximum atomic E-state index is 6.23. The second-order valence-electron chi connectivity index (χ2n) is 5.57. The fraction of sp³-hybridized carbons (Fsp3) is 0.600. The molecule has 2 saturated carbocycles. The van der Waals surface area contributed by atoms with E-state index in [-0.39, 0.29) is 5.60 Å². The smallest absolute Gasteiger partial charge is 0.120 e. The van der Waals surface area contributed by atoms with Crippen molar-refractivity contribution in [3.05, 3.63) is 28.7 Å². The molecule has 2 nitrogen and oxygen atoms in total. The molecular formula is C15H20BrNO. The molecule has 0 heterocycles. The number of hydrogen-bond donors (Lipinski definition) is 1. The Kier molecular flexibility index (Phi) is 3.62. The van der Waals surface area contributed by atoms with E-state index in [1.165, 1.54) is 32.1 Å². The third kappa shape index (κ3) is 3.07. The van der Waals surface area contributed by atoms with E-state index in [0.717, 1.165) is 29.2 Å². The molecule has 2 fully saturated rings. The van der Waals surface area contributed by atoms with Crippen LogP contribution in [0.1, 0.15) is 38.5 Å². The summed E-state index contributed by atoms with van der Waals surface area (Å²) in [5.41, 5.74) is 0.107. The third-order valence-electron chi connectivity index (χ3n) is 4.00. The van der Waals surface area contributed by atoms with Gasteiger partial charge in [0, 0.05) is 10.5 Å². The van der Waals surface area contributed by atoms with E-state index in [4.69, 9.17) is 4.74 Å². The summed E-state index contributed by atoms with van der Waals surface area (Å²) in [5.74, 6) is 1.00. The number of halogens is 1. The highest BCUT2D eigenvalue weighted by molar-refractivity contribution is 9.10. The van der Waals surface area contributed by atoms with Crippen molar-refractivity contribution in [3.63, 3.8) is 0 Å². The fourth-order valence-corrected chi connectivity index (χ4v) is 2.78. The van der Waals surface area contributed by atoms with E-state index in [1.807, 2.05) is 12.1 Å². The van der Waals surface area contributed by atoms with Gasteiger partial charge in [0.1, 0.15) is 11.4 Å². The van der Waals surface area contributed by atoms with Gasteiger partial charge in [-0.15, -0.1) is 0 Å². The van der Waals surface area contributed by atoms with Crippen LogP contribution in [0.15, 0.2) is 28.7 Å². The minimum absolute atomic E-state index is 0.107. The van der Waals surface area contributed by atoms with Crippen LogP contribution in [0.5, 0.6) is 5.75 Å². The molecule has 1 N–H and O–H groups in total. The standard InChI is InChI=1S/C15H20BrNO/c16-12-2-6-14(7-3-12)18-15(8-1-9-15)10-11-17-13-4-5-13/h2-3,6-7,13,17H,1,4-5,8-11H2. The molecule has 2 aliphatic rings. The molecule has 18 heavy (non-hydrogen) atoms. The van der Waals surface area contributed by atoms with E-state index in [2.05, 4.69) is 33.4 Å². The number of rotatable bonds is 6. The summed E-state index contributed by atoms with van der Waals surface area (Å²) in [5, 5.41) is 3.59. The van der Waals surface area contributed by atoms with Crippen molar-refractivity contribution in [1.29, 1.82) is 0 Å². The lowest BCUT2D eigenvalue weighted by Gasteiger charge is -2.42. The van der Waals surface area contributed by atoms with Gasteiger partial charge in [-0.3, -0.25) is 0 Å². The average Bonchev–Trinajstić information content (AvgIpc) is 3.12. The van der Waals surface area contributed by atoms with Crippen LogP contribution >= 0.6 is 15.9 Å². The molecule has 0 bridgehead atoms. The molecule has 0 amide bonds. The van der Waals surface area contributed by atoms with Crippen molar-refractivity contribution in [2.45, 2.75) is 50.2 Å². The van der Waals surface area contributed by atoms with Gasteiger partial charge in [0.25, 0.3) is 0 Å². The zero-order valence-corrected chi connectivity index (χ0v) is 12.2. The van der Waals surface area contributed by atoms with Crippen LogP contribution in [0.2, 0.25) is 0 Å². The normalized spacial score (nSPS) is 21.4. The Bertz CT molecular complexity index is 395. The van der Waals surface area contributed by atoms with Gasteiger partial charge in [-0.1, -0.05) is 15.9 Å². The minimum atomic E-state index is 0.107. The first-order chi connectivity index (χ1) is 8.76. The second kappa shape index (κ2) is 5.22. The molecular weight excluding hydrogens is 290 g/mol. The van der Waals surface area contributed by atoms with Crippen molar-refractivity contribution in [1.82, 2.24) is 5.32 Å². The van der Waals surface area contributed by atoms with E-state index in [9.17, 15) is 0 Å². The summed E-state index contributed by atoms with van der Waals surface area (Å²) in [6.45, 7) is 1.10. The van der Waals surface area contributed by atoms with E-state index in [0.29, 0.717) is 0 Å². The first kappa shape index (κ1) is 12.5. The van der Waals surface area contributed by atoms with Gasteiger partial charge in [-0.2, -0.15) is 0 Å². The van der Waals surface area contributed by atoms with E-state index < -0.39 is 0 Å². The molecule has 1 aromatic carbocycles. The quantitative estimate of drug-likeness (QED) is 0.860. The van der Waals surface area contributed by atoms with Gasteiger partial charge >= 0.3 is 0 Å². The van der Waals surface area contributed by atoms with Gasteiger partial charge in [-0.25, -0.2) is 0 Å². The van der Waals surface area contributed by atoms with Gasteiger partial charge in [0.05, 0.1) is 0 Å². The Morgan fingerprint density at radius 2 is 1.94 bits per heavy atom. The van der Waals surface area contributed by atoms with Crippen molar-refractivity contribution >= 4 is 15.9 Å². The molecule has 0 unspecified atom stereocenters. The molecule has 3 rings (SSSR count). The van der Waals surface area contributed by atoms with Crippen LogP contribution in [0.3, 0.4) is 0 Å². The zero-order chi connectivity index (χ0) is 12.4. The Balaban J connectivity index is 1.55. The molecule has 0 aliphatic heterocycles. The number of nitrogens with one attached hydrogen (secondary N) is 1. The summed E-state index contributed by atoms with van der Waals surface area (Å²) in [6.07, 6.45) is 7.57. The SMILES string of the molecule is Brc1ccc(OC2(CCNC3CC3)CCC2)cc1. The maximum Gasteiger partial charge on any atom is 0.120 e. The highest BCUT2D eigenvalue weighted by Crippen LogP contribution is 2.39. The summed E-state index contributed by atoms with van der Waals surface area (Å²) in [4.78, 5) is 0. The van der Waals surface area contributed by atoms with Crippen LogP contribution in [0.25, 0.3) is 0 Å². The number of benzene rings is 1. The third-order valence-corrected chi connectivity index (χ3v) is 4.53. The topological polar surface area (TPSA) is 21.3 Å². The minimum Gasteiger partial charge on any atom is -0.487 e. The van der Waals surface area contributed by atoms with Crippen LogP contribution in [0.4, 0.5) is 0 Å². The molecule has 98 valence electrons. The molecule has 1 aromatic rings. The Hall–Kier alpha value is -0.540. The number of ether oxygens (including phenoxy) is 1. The molecule has 0 spiro atoms. The predicted molar refractivity (Wildman–Crippen MR) is 77.0 cm³/mol. The highest BCUT2D eigenvalue weighted by atomic mass is 79.9. The average molecular weight is 310 g/mol. The summed E-state index contributed by atoms with van der Waals surface area (Å²) in [6, 6.07) is 9.00. The molecule has 3 heteroatoms. The lowest BCUT2D eigenvalue weighted by molar-refractivity contribution is -0.0143. The lowest BCUT2D eigenvalue weighted by Crippen LogP contribution is -2.45. The van der Waals surface area contributed by atoms with Crippen LogP contribution < -0.4 is 10.1 Å². The molecule has 0 saturated heterocycles. The van der Waals surface area contributed by atoms with Gasteiger partial charge < -0.3 is 10.1 Å². The largest absolute Gasteiger partial charge is 0.487 e. The Morgan fingerprint density at radius 3 is 2.50 bits per heavy atom. The Labute approximate surface area is 117 Å². The van der Waals surface area contributed by atoms with Crippen molar-refractivity contribution < 1.29 is 4.74 Å². The predicted octanol–water partition coefficient (Wildman–Crippen LogP) is 3.89. The maximum absolute atomic E-state index is 6.23. The summed E-state index contributed by atoms with van der Waals surface area (Å²) in [7, 11) is 0. The van der Waals surface area contributed by atoms with Crippen LogP contribution in [-0.2, 0) is 0 Å². The molecule has 0 atom stereocenters. The second-order valence-corrected chi connectivity index (χ2v) is 6.49. The van der Waals surface area contributed by atoms with Gasteiger partial charge in [-0.05, 0) is 69.3 Å². The monoisotopic (exact) mass is 309 g/mol. The van der Waals surface area contributed by atoms with Gasteiger partial charge in [0.2, 0.25) is 0 Å². The highest BCUT2D eigenvalue weighted by Gasteiger charge is 2.39. The molecule has 0 radical (unpaired) electrons. The van der Waals surface area contributed by atoms with E-state index >= 15 is 0 Å². The zero-order valence-electron chi connectivity index (χ0n) is 10.6. The first-order valence-electron chi connectivity index (χ1n) is 6.94. The molecule has 2 aliphatic carbocycles. The summed E-state index contributed by atoms with van der Waals surface area (Å²) < 4.78 is 7.34. The Morgan fingerprint density at radius 1 is 1.22 bits per heavy atom. The first-order valence-corrected chi connectivity index (χ1v) is 7.73. The lowest BCUT2D eigenvalue weighted by atomic mass is 9.77. The van der Waals surface area contributed by atoms with Crippen molar-refractivity contribution in [3.8, 4) is 5.75 Å². The summed E-state index contributed by atoms with van der Waals surface area (Å²) >= 11 is 3.46. The van der Waals surface area contributed by atoms with Crippen molar-refractivity contribution in [2.24, 2.45) is 0 Å². The van der Waals surface area contributed by atoms with Gasteiger partial charge in [0.15, 0.2) is 0 Å².